The second kappa shape index (κ2) is 6.10. The van der Waals surface area contributed by atoms with E-state index in [1.807, 2.05) is 19.1 Å². The van der Waals surface area contributed by atoms with Crippen LogP contribution >= 0.6 is 0 Å². The number of nitrogens with two attached hydrogens (primary N) is 1. The van der Waals surface area contributed by atoms with E-state index in [0.717, 1.165) is 5.56 Å². The van der Waals surface area contributed by atoms with Gasteiger partial charge in [0.2, 0.25) is 0 Å². The maximum Gasteiger partial charge on any atom is 0.271 e. The number of aromatic nitrogens is 3. The van der Waals surface area contributed by atoms with Gasteiger partial charge >= 0.3 is 0 Å². The monoisotopic (exact) mass is 259 g/mol. The van der Waals surface area contributed by atoms with Crippen molar-refractivity contribution in [3.05, 3.63) is 48.3 Å². The van der Waals surface area contributed by atoms with Gasteiger partial charge in [0.25, 0.3) is 5.91 Å². The number of nitrogens with zero attached hydrogens (tertiary/aromatic N) is 3. The Morgan fingerprint density at radius 3 is 2.89 bits per heavy atom. The van der Waals surface area contributed by atoms with E-state index < -0.39 is 0 Å². The summed E-state index contributed by atoms with van der Waals surface area (Å²) in [6.07, 6.45) is 6.71. The standard InChI is InChI=1S/C13H17N5O/c1-10(11-2-5-15-6-3-11)17-13(19)12-8-18(7-4-14)9-16-12/h2-3,5-6,8-10H,4,7,14H2,1H3,(H,17,19). The molecule has 0 fully saturated rings. The van der Waals surface area contributed by atoms with E-state index in [1.165, 1.54) is 0 Å². The molecule has 0 radical (unpaired) electrons. The number of carbonyl (C=O) groups excluding carboxylic acids is 1. The SMILES string of the molecule is CC(NC(=O)c1cn(CCN)cn1)c1ccncc1. The second-order valence-corrected chi connectivity index (χ2v) is 4.26. The minimum atomic E-state index is -0.194. The number of amides is 1. The summed E-state index contributed by atoms with van der Waals surface area (Å²) >= 11 is 0. The Morgan fingerprint density at radius 2 is 2.21 bits per heavy atom. The molecule has 3 N–H and O–H groups in total. The van der Waals surface area contributed by atoms with Gasteiger partial charge in [0.1, 0.15) is 5.69 Å². The third-order valence-electron chi connectivity index (χ3n) is 2.81. The Labute approximate surface area is 111 Å². The largest absolute Gasteiger partial charge is 0.344 e. The van der Waals surface area contributed by atoms with Gasteiger partial charge in [-0.15, -0.1) is 0 Å². The summed E-state index contributed by atoms with van der Waals surface area (Å²) in [7, 11) is 0. The molecule has 0 bridgehead atoms. The van der Waals surface area contributed by atoms with E-state index in [4.69, 9.17) is 5.73 Å². The third-order valence-corrected chi connectivity index (χ3v) is 2.81. The Hall–Kier alpha value is -2.21. The Morgan fingerprint density at radius 1 is 1.47 bits per heavy atom. The number of nitrogens with one attached hydrogen (secondary N) is 1. The number of pyridine rings is 1. The highest BCUT2D eigenvalue weighted by atomic mass is 16.1. The van der Waals surface area contributed by atoms with E-state index in [9.17, 15) is 4.79 Å². The van der Waals surface area contributed by atoms with Crippen molar-refractivity contribution in [3.8, 4) is 0 Å². The van der Waals surface area contributed by atoms with Gasteiger partial charge in [0.15, 0.2) is 0 Å². The molecule has 6 nitrogen and oxygen atoms in total. The molecule has 6 heteroatoms. The summed E-state index contributed by atoms with van der Waals surface area (Å²) in [5.74, 6) is -0.194. The van der Waals surface area contributed by atoms with Crippen molar-refractivity contribution in [1.82, 2.24) is 19.9 Å². The first-order valence-corrected chi connectivity index (χ1v) is 6.13. The van der Waals surface area contributed by atoms with Crippen LogP contribution in [0.4, 0.5) is 0 Å². The first-order valence-electron chi connectivity index (χ1n) is 6.13. The molecule has 19 heavy (non-hydrogen) atoms. The van der Waals surface area contributed by atoms with Crippen molar-refractivity contribution >= 4 is 5.91 Å². The molecule has 100 valence electrons. The summed E-state index contributed by atoms with van der Waals surface area (Å²) in [4.78, 5) is 20.0. The van der Waals surface area contributed by atoms with Crippen molar-refractivity contribution in [3.63, 3.8) is 0 Å². The fourth-order valence-corrected chi connectivity index (χ4v) is 1.75. The van der Waals surface area contributed by atoms with Gasteiger partial charge in [-0.2, -0.15) is 0 Å². The molecule has 0 aromatic carbocycles. The lowest BCUT2D eigenvalue weighted by Crippen LogP contribution is -2.26. The highest BCUT2D eigenvalue weighted by Crippen LogP contribution is 2.11. The summed E-state index contributed by atoms with van der Waals surface area (Å²) < 4.78 is 1.80. The molecule has 0 saturated heterocycles. The average Bonchev–Trinajstić information content (AvgIpc) is 2.89. The first kappa shape index (κ1) is 13.2. The fourth-order valence-electron chi connectivity index (χ4n) is 1.75. The quantitative estimate of drug-likeness (QED) is 0.828. The summed E-state index contributed by atoms with van der Waals surface area (Å²) in [5, 5.41) is 2.89. The fraction of sp³-hybridized carbons (Fsp3) is 0.308. The maximum atomic E-state index is 12.0. The van der Waals surface area contributed by atoms with E-state index in [1.54, 1.807) is 29.5 Å². The zero-order valence-corrected chi connectivity index (χ0v) is 10.8. The Balaban J connectivity index is 2.00. The lowest BCUT2D eigenvalue weighted by atomic mass is 10.1. The lowest BCUT2D eigenvalue weighted by Gasteiger charge is -2.12. The molecule has 1 unspecified atom stereocenters. The summed E-state index contributed by atoms with van der Waals surface area (Å²) in [6, 6.07) is 3.66. The highest BCUT2D eigenvalue weighted by Gasteiger charge is 2.13. The van der Waals surface area contributed by atoms with Gasteiger partial charge in [-0.05, 0) is 24.6 Å². The van der Waals surface area contributed by atoms with Crippen molar-refractivity contribution in [2.75, 3.05) is 6.54 Å². The zero-order valence-electron chi connectivity index (χ0n) is 10.8. The van der Waals surface area contributed by atoms with Crippen LogP contribution in [0.2, 0.25) is 0 Å². The molecule has 2 aromatic rings. The van der Waals surface area contributed by atoms with Crippen LogP contribution in [0, 0.1) is 0 Å². The molecular formula is C13H17N5O. The van der Waals surface area contributed by atoms with Gasteiger partial charge in [-0.1, -0.05) is 0 Å². The lowest BCUT2D eigenvalue weighted by molar-refractivity contribution is 0.0935. The smallest absolute Gasteiger partial charge is 0.271 e. The van der Waals surface area contributed by atoms with Crippen LogP contribution in [-0.4, -0.2) is 27.0 Å². The highest BCUT2D eigenvalue weighted by molar-refractivity contribution is 5.92. The molecule has 0 aliphatic rings. The number of imidazole rings is 1. The molecule has 0 aliphatic carbocycles. The van der Waals surface area contributed by atoms with Crippen molar-refractivity contribution in [2.45, 2.75) is 19.5 Å². The van der Waals surface area contributed by atoms with Crippen LogP contribution in [0.5, 0.6) is 0 Å². The number of hydrogen-bond acceptors (Lipinski definition) is 4. The summed E-state index contributed by atoms with van der Waals surface area (Å²) in [5.41, 5.74) is 6.85. The average molecular weight is 259 g/mol. The second-order valence-electron chi connectivity index (χ2n) is 4.26. The minimum Gasteiger partial charge on any atom is -0.344 e. The van der Waals surface area contributed by atoms with Gasteiger partial charge in [0, 0.05) is 31.7 Å². The molecule has 1 atom stereocenters. The van der Waals surface area contributed by atoms with E-state index in [-0.39, 0.29) is 11.9 Å². The molecule has 0 aliphatic heterocycles. The van der Waals surface area contributed by atoms with Crippen LogP contribution in [0.15, 0.2) is 37.1 Å². The number of rotatable bonds is 5. The van der Waals surface area contributed by atoms with Gasteiger partial charge in [0.05, 0.1) is 12.4 Å². The Bertz CT molecular complexity index is 537. The maximum absolute atomic E-state index is 12.0. The first-order chi connectivity index (χ1) is 9.20. The predicted octanol–water partition coefficient (Wildman–Crippen LogP) is 0.728. The number of hydrogen-bond donors (Lipinski definition) is 2. The van der Waals surface area contributed by atoms with Crippen LogP contribution in [0.1, 0.15) is 29.0 Å². The van der Waals surface area contributed by atoms with Gasteiger partial charge in [-0.3, -0.25) is 9.78 Å². The molecule has 2 rings (SSSR count). The van der Waals surface area contributed by atoms with Crippen LogP contribution < -0.4 is 11.1 Å². The summed E-state index contributed by atoms with van der Waals surface area (Å²) in [6.45, 7) is 3.09. The topological polar surface area (TPSA) is 85.8 Å². The third kappa shape index (κ3) is 3.38. The van der Waals surface area contributed by atoms with Crippen LogP contribution in [-0.2, 0) is 6.54 Å². The van der Waals surface area contributed by atoms with E-state index in [0.29, 0.717) is 18.8 Å². The molecule has 0 saturated carbocycles. The number of carbonyl (C=O) groups is 1. The van der Waals surface area contributed by atoms with Gasteiger partial charge in [-0.25, -0.2) is 4.98 Å². The molecular weight excluding hydrogens is 242 g/mol. The minimum absolute atomic E-state index is 0.0878. The van der Waals surface area contributed by atoms with Crippen LogP contribution in [0.3, 0.4) is 0 Å². The predicted molar refractivity (Wildman–Crippen MR) is 71.4 cm³/mol. The van der Waals surface area contributed by atoms with E-state index in [2.05, 4.69) is 15.3 Å². The molecule has 2 heterocycles. The van der Waals surface area contributed by atoms with Crippen molar-refractivity contribution < 1.29 is 4.79 Å². The van der Waals surface area contributed by atoms with E-state index >= 15 is 0 Å². The molecule has 2 aromatic heterocycles. The van der Waals surface area contributed by atoms with Crippen molar-refractivity contribution in [1.29, 1.82) is 0 Å². The molecule has 1 amide bonds. The van der Waals surface area contributed by atoms with Gasteiger partial charge < -0.3 is 15.6 Å². The van der Waals surface area contributed by atoms with Crippen LogP contribution in [0.25, 0.3) is 0 Å². The Kier molecular flexibility index (Phi) is 4.25. The molecule has 0 spiro atoms. The zero-order chi connectivity index (χ0) is 13.7. The normalized spacial score (nSPS) is 12.1. The van der Waals surface area contributed by atoms with Crippen molar-refractivity contribution in [2.24, 2.45) is 5.73 Å².